The van der Waals surface area contributed by atoms with Gasteiger partial charge in [-0.2, -0.15) is 9.61 Å². The summed E-state index contributed by atoms with van der Waals surface area (Å²) in [5.41, 5.74) is 11.9. The third-order valence-corrected chi connectivity index (χ3v) is 5.56. The van der Waals surface area contributed by atoms with Gasteiger partial charge in [0.2, 0.25) is 0 Å². The Balaban J connectivity index is 1.84. The standard InChI is InChI=1S/C26H22N4O2/c1-32-20-14-12-18(13-15-20)22-21(16-27)28-25-23(17-8-4-2-5-9-17)24(29-30(25)26(22)31)19-10-6-3-7-11-19/h2-15,28H,16,27H2,1H3. The van der Waals surface area contributed by atoms with Crippen molar-refractivity contribution in [1.82, 2.24) is 14.6 Å². The zero-order chi connectivity index (χ0) is 22.1. The number of ether oxygens (including phenoxy) is 1. The molecule has 158 valence electrons. The van der Waals surface area contributed by atoms with Crippen LogP contribution in [0.25, 0.3) is 39.2 Å². The number of H-pyrrole nitrogens is 1. The molecule has 0 saturated heterocycles. The number of nitrogens with one attached hydrogen (secondary N) is 1. The van der Waals surface area contributed by atoms with Crippen molar-refractivity contribution in [3.63, 3.8) is 0 Å². The highest BCUT2D eigenvalue weighted by Gasteiger charge is 2.22. The van der Waals surface area contributed by atoms with E-state index in [0.717, 1.165) is 33.7 Å². The van der Waals surface area contributed by atoms with E-state index in [0.29, 0.717) is 16.9 Å². The molecule has 2 aromatic heterocycles. The van der Waals surface area contributed by atoms with Gasteiger partial charge in [-0.15, -0.1) is 0 Å². The Hall–Kier alpha value is -4.16. The van der Waals surface area contributed by atoms with Crippen LogP contribution in [0.15, 0.2) is 89.7 Å². The summed E-state index contributed by atoms with van der Waals surface area (Å²) in [6, 6.07) is 27.2. The SMILES string of the molecule is COc1ccc(-c2c(CN)[nH]c3c(-c4ccccc4)c(-c4ccccc4)nn3c2=O)cc1. The lowest BCUT2D eigenvalue weighted by atomic mass is 10.0. The van der Waals surface area contributed by atoms with Crippen LogP contribution in [0.2, 0.25) is 0 Å². The van der Waals surface area contributed by atoms with E-state index < -0.39 is 0 Å². The largest absolute Gasteiger partial charge is 0.497 e. The Morgan fingerprint density at radius 2 is 1.44 bits per heavy atom. The van der Waals surface area contributed by atoms with Crippen LogP contribution in [-0.2, 0) is 6.54 Å². The molecule has 0 saturated carbocycles. The molecule has 0 atom stereocenters. The molecule has 0 amide bonds. The highest BCUT2D eigenvalue weighted by atomic mass is 16.5. The molecular formula is C26H22N4O2. The molecule has 0 aliphatic rings. The second-order valence-corrected chi connectivity index (χ2v) is 7.43. The summed E-state index contributed by atoms with van der Waals surface area (Å²) in [5, 5.41) is 4.76. The molecular weight excluding hydrogens is 400 g/mol. The third-order valence-electron chi connectivity index (χ3n) is 5.56. The predicted octanol–water partition coefficient (Wildman–Crippen LogP) is 4.49. The van der Waals surface area contributed by atoms with Gasteiger partial charge in [-0.3, -0.25) is 4.79 Å². The highest BCUT2D eigenvalue weighted by Crippen LogP contribution is 2.34. The van der Waals surface area contributed by atoms with Crippen molar-refractivity contribution >= 4 is 5.65 Å². The van der Waals surface area contributed by atoms with E-state index in [4.69, 9.17) is 15.6 Å². The number of aromatic nitrogens is 3. The van der Waals surface area contributed by atoms with Gasteiger partial charge >= 0.3 is 0 Å². The van der Waals surface area contributed by atoms with Crippen LogP contribution in [0.1, 0.15) is 5.69 Å². The zero-order valence-electron chi connectivity index (χ0n) is 17.6. The summed E-state index contributed by atoms with van der Waals surface area (Å²) in [7, 11) is 1.61. The van der Waals surface area contributed by atoms with Gasteiger partial charge < -0.3 is 15.5 Å². The van der Waals surface area contributed by atoms with Crippen LogP contribution in [-0.4, -0.2) is 21.7 Å². The first-order valence-electron chi connectivity index (χ1n) is 10.3. The average molecular weight is 422 g/mol. The van der Waals surface area contributed by atoms with Crippen molar-refractivity contribution in [2.45, 2.75) is 6.54 Å². The van der Waals surface area contributed by atoms with Crippen LogP contribution in [0.5, 0.6) is 5.75 Å². The molecule has 0 spiro atoms. The van der Waals surface area contributed by atoms with Crippen LogP contribution >= 0.6 is 0 Å². The van der Waals surface area contributed by atoms with Gasteiger partial charge in [0, 0.05) is 17.8 Å². The molecule has 0 aliphatic heterocycles. The van der Waals surface area contributed by atoms with Crippen LogP contribution in [0, 0.1) is 0 Å². The number of hydrogen-bond donors (Lipinski definition) is 2. The molecule has 2 heterocycles. The highest BCUT2D eigenvalue weighted by molar-refractivity contribution is 5.91. The normalized spacial score (nSPS) is 11.1. The van der Waals surface area contributed by atoms with Crippen molar-refractivity contribution in [1.29, 1.82) is 0 Å². The molecule has 0 radical (unpaired) electrons. The minimum atomic E-state index is -0.219. The molecule has 32 heavy (non-hydrogen) atoms. The van der Waals surface area contributed by atoms with E-state index in [1.54, 1.807) is 7.11 Å². The molecule has 0 aliphatic carbocycles. The van der Waals surface area contributed by atoms with Crippen LogP contribution < -0.4 is 16.0 Å². The second kappa shape index (κ2) is 8.17. The lowest BCUT2D eigenvalue weighted by molar-refractivity contribution is 0.415. The molecule has 0 unspecified atom stereocenters. The summed E-state index contributed by atoms with van der Waals surface area (Å²) in [6.07, 6.45) is 0. The Labute approximate surface area is 184 Å². The first-order valence-corrected chi connectivity index (χ1v) is 10.3. The molecule has 3 aromatic carbocycles. The number of aromatic amines is 1. The quantitative estimate of drug-likeness (QED) is 0.437. The Morgan fingerprint density at radius 1 is 0.844 bits per heavy atom. The number of hydrogen-bond acceptors (Lipinski definition) is 4. The van der Waals surface area contributed by atoms with E-state index >= 15 is 0 Å². The summed E-state index contributed by atoms with van der Waals surface area (Å²) in [5.74, 6) is 0.720. The fourth-order valence-electron chi connectivity index (χ4n) is 4.01. The fraction of sp³-hybridized carbons (Fsp3) is 0.0769. The molecule has 6 nitrogen and oxygen atoms in total. The lowest BCUT2D eigenvalue weighted by Crippen LogP contribution is -2.21. The second-order valence-electron chi connectivity index (χ2n) is 7.43. The van der Waals surface area contributed by atoms with E-state index in [2.05, 4.69) is 4.98 Å². The Kier molecular flexibility index (Phi) is 5.05. The van der Waals surface area contributed by atoms with Crippen LogP contribution in [0.4, 0.5) is 0 Å². The topological polar surface area (TPSA) is 85.4 Å². The van der Waals surface area contributed by atoms with Crippen molar-refractivity contribution in [3.05, 3.63) is 101 Å². The van der Waals surface area contributed by atoms with Gasteiger partial charge in [-0.25, -0.2) is 0 Å². The minimum absolute atomic E-state index is 0.188. The van der Waals surface area contributed by atoms with E-state index in [9.17, 15) is 4.79 Å². The summed E-state index contributed by atoms with van der Waals surface area (Å²) in [4.78, 5) is 17.1. The molecule has 0 fully saturated rings. The van der Waals surface area contributed by atoms with Crippen molar-refractivity contribution in [2.75, 3.05) is 7.11 Å². The van der Waals surface area contributed by atoms with Crippen molar-refractivity contribution in [2.24, 2.45) is 5.73 Å². The summed E-state index contributed by atoms with van der Waals surface area (Å²) in [6.45, 7) is 0.188. The van der Waals surface area contributed by atoms with Gasteiger partial charge in [0.25, 0.3) is 5.56 Å². The minimum Gasteiger partial charge on any atom is -0.497 e. The Bertz CT molecular complexity index is 1440. The first-order chi connectivity index (χ1) is 15.7. The monoisotopic (exact) mass is 422 g/mol. The molecule has 0 bridgehead atoms. The zero-order valence-corrected chi connectivity index (χ0v) is 17.6. The Morgan fingerprint density at radius 3 is 2.03 bits per heavy atom. The van der Waals surface area contributed by atoms with E-state index in [-0.39, 0.29) is 12.1 Å². The number of rotatable bonds is 5. The van der Waals surface area contributed by atoms with Crippen molar-refractivity contribution < 1.29 is 4.74 Å². The van der Waals surface area contributed by atoms with Crippen molar-refractivity contribution in [3.8, 4) is 39.3 Å². The first kappa shape index (κ1) is 19.8. The van der Waals surface area contributed by atoms with E-state index in [1.807, 2.05) is 84.9 Å². The molecule has 3 N–H and O–H groups in total. The molecule has 5 rings (SSSR count). The maximum Gasteiger partial charge on any atom is 0.282 e. The lowest BCUT2D eigenvalue weighted by Gasteiger charge is -2.10. The van der Waals surface area contributed by atoms with Gasteiger partial charge in [0.05, 0.1) is 18.2 Å². The maximum absolute atomic E-state index is 13.7. The number of nitrogens with zero attached hydrogens (tertiary/aromatic N) is 2. The third kappa shape index (κ3) is 3.27. The van der Waals surface area contributed by atoms with E-state index in [1.165, 1.54) is 4.52 Å². The average Bonchev–Trinajstić information content (AvgIpc) is 3.25. The molecule has 6 heteroatoms. The van der Waals surface area contributed by atoms with Gasteiger partial charge in [-0.1, -0.05) is 72.8 Å². The molecule has 5 aromatic rings. The van der Waals surface area contributed by atoms with Crippen LogP contribution in [0.3, 0.4) is 0 Å². The number of benzene rings is 3. The fourth-order valence-corrected chi connectivity index (χ4v) is 4.01. The summed E-state index contributed by atoms with van der Waals surface area (Å²) >= 11 is 0. The number of methoxy groups -OCH3 is 1. The van der Waals surface area contributed by atoms with Gasteiger partial charge in [0.15, 0.2) is 0 Å². The maximum atomic E-state index is 13.7. The smallest absolute Gasteiger partial charge is 0.282 e. The van der Waals surface area contributed by atoms with Gasteiger partial charge in [0.1, 0.15) is 17.1 Å². The predicted molar refractivity (Wildman–Crippen MR) is 127 cm³/mol. The number of nitrogens with two attached hydrogens (primary N) is 1. The number of fused-ring (bicyclic) bond motifs is 1. The summed E-state index contributed by atoms with van der Waals surface area (Å²) < 4.78 is 6.70. The van der Waals surface area contributed by atoms with Gasteiger partial charge in [-0.05, 0) is 23.3 Å².